The van der Waals surface area contributed by atoms with Gasteiger partial charge in [-0.1, -0.05) is 0 Å². The number of benzene rings is 4. The zero-order valence-electron chi connectivity index (χ0n) is 39.1. The highest BCUT2D eigenvalue weighted by molar-refractivity contribution is 6.09. The second kappa shape index (κ2) is 15.9. The summed E-state index contributed by atoms with van der Waals surface area (Å²) in [7, 11) is 0. The lowest BCUT2D eigenvalue weighted by molar-refractivity contribution is -0.459. The first-order valence-corrected chi connectivity index (χ1v) is 23.1. The Morgan fingerprint density at radius 3 is 1.77 bits per heavy atom. The van der Waals surface area contributed by atoms with E-state index in [0.717, 1.165) is 0 Å². The first kappa shape index (κ1) is 50.5. The van der Waals surface area contributed by atoms with Crippen molar-refractivity contribution in [3.8, 4) is 80.1 Å². The van der Waals surface area contributed by atoms with Gasteiger partial charge in [0.2, 0.25) is 28.6 Å². The quantitative estimate of drug-likeness (QED) is 0.0575. The average molecular weight is 1110 g/mol. The van der Waals surface area contributed by atoms with Gasteiger partial charge >= 0.3 is 35.8 Å². The highest BCUT2D eigenvalue weighted by atomic mass is 16.8. The summed E-state index contributed by atoms with van der Waals surface area (Å²) in [6.45, 7) is -2.20. The van der Waals surface area contributed by atoms with Crippen LogP contribution in [-0.2, 0) is 52.3 Å². The number of aliphatic hydroxyl groups excluding tert-OH is 1. The number of ketones is 1. The highest BCUT2D eigenvalue weighted by Crippen LogP contribution is 2.76. The molecule has 7 heterocycles. The molecule has 6 fully saturated rings. The molecular formula is C48H36O31. The van der Waals surface area contributed by atoms with Gasteiger partial charge < -0.3 is 119 Å². The van der Waals surface area contributed by atoms with Gasteiger partial charge in [0.1, 0.15) is 23.7 Å². The molecule has 2 saturated carbocycles. The molecule has 6 bridgehead atoms. The summed E-state index contributed by atoms with van der Waals surface area (Å²) >= 11 is 0. The Morgan fingerprint density at radius 1 is 0.582 bits per heavy atom. The Hall–Kier alpha value is -9.27. The third kappa shape index (κ3) is 6.06. The fourth-order valence-corrected chi connectivity index (χ4v) is 12.2. The molecule has 2 aliphatic carbocycles. The molecule has 31 nitrogen and oxygen atoms in total. The molecule has 2 spiro atoms. The SMILES string of the molecule is O=C(OC1CC2COC(=O)c3cc(O)c(O)c(O)c3-c3c(cc(O)c(O)c3O)C(=O)OC3C2OC(=O)C24CC(=O)C(O)(OC25C(=O)OC2C(O)COC25O)C2(O)Oc5c(O)c(O)cc(c5C24)C(=O)OC13)c1cc(O)c(O)c(O)c1. The fourth-order valence-electron chi connectivity index (χ4n) is 12.2. The minimum atomic E-state index is -4.02. The van der Waals surface area contributed by atoms with E-state index in [1.165, 1.54) is 0 Å². The van der Waals surface area contributed by atoms with Gasteiger partial charge in [-0.25, -0.2) is 24.0 Å². The third-order valence-electron chi connectivity index (χ3n) is 15.7. The minimum Gasteiger partial charge on any atom is -0.504 e. The van der Waals surface area contributed by atoms with Gasteiger partial charge in [0, 0.05) is 29.0 Å². The molecule has 15 N–H and O–H groups in total. The molecule has 0 radical (unpaired) electrons. The number of carbonyl (C=O) groups excluding carboxylic acids is 7. The molecular weight excluding hydrogens is 1070 g/mol. The lowest BCUT2D eigenvalue weighted by Gasteiger charge is -2.64. The van der Waals surface area contributed by atoms with Crippen LogP contribution in [0.1, 0.15) is 65.8 Å². The summed E-state index contributed by atoms with van der Waals surface area (Å²) in [5.41, 5.74) is -15.0. The van der Waals surface area contributed by atoms with E-state index in [2.05, 4.69) is 0 Å². The second-order valence-electron chi connectivity index (χ2n) is 19.7. The molecule has 414 valence electrons. The zero-order valence-corrected chi connectivity index (χ0v) is 39.1. The number of ether oxygens (including phenoxy) is 9. The van der Waals surface area contributed by atoms with Crippen LogP contribution in [-0.4, -0.2) is 191 Å². The zero-order chi connectivity index (χ0) is 56.9. The number of phenols is 11. The van der Waals surface area contributed by atoms with Gasteiger partial charge in [-0.3, -0.25) is 9.59 Å². The van der Waals surface area contributed by atoms with E-state index in [1.807, 2.05) is 0 Å². The number of esters is 6. The van der Waals surface area contributed by atoms with E-state index in [1.54, 1.807) is 0 Å². The summed E-state index contributed by atoms with van der Waals surface area (Å²) < 4.78 is 51.7. The van der Waals surface area contributed by atoms with E-state index in [9.17, 15) is 95.8 Å². The number of carbonyl (C=O) groups is 7. The average Bonchev–Trinajstić information content (AvgIpc) is 1.67. The molecule has 13 rings (SSSR count). The third-order valence-corrected chi connectivity index (χ3v) is 15.7. The fraction of sp³-hybridized carbons (Fsp3) is 0.354. The molecule has 7 aliphatic heterocycles. The number of aromatic hydroxyl groups is 11. The molecule has 4 saturated heterocycles. The number of fused-ring (bicyclic) bond motifs is 5. The molecule has 9 aliphatic rings. The molecule has 13 unspecified atom stereocenters. The maximum Gasteiger partial charge on any atom is 0.346 e. The van der Waals surface area contributed by atoms with Gasteiger partial charge in [0.25, 0.3) is 11.6 Å². The van der Waals surface area contributed by atoms with Crippen LogP contribution in [0.25, 0.3) is 11.1 Å². The van der Waals surface area contributed by atoms with Gasteiger partial charge in [-0.05, 0) is 36.8 Å². The van der Waals surface area contributed by atoms with Crippen LogP contribution in [0.3, 0.4) is 0 Å². The standard InChI is InChI=1S/C48H36O31/c49-15-1-10(2-16(50)26(15)56)38(62)73-21-3-11-8-71-39(63)12-4-17(51)27(57)30(60)23(12)24-13(5-18(52)28(58)31(24)61)40(64)75-35-32(11)76-42(66)44-7-22(55)46(68,79-45(44)43(67)77-37-20(54)9-72-48(37,45)70)47(69)36(44)25-14(41(65)74-33(21)35)6-19(53)29(59)34(25)78-47/h1-2,4-6,11,20-21,32-33,35-37,49-54,56-61,68-70H,3,7-9H2. The number of hydrogen-bond acceptors (Lipinski definition) is 31. The topological polar surface area (TPSA) is 506 Å². The molecule has 0 amide bonds. The van der Waals surface area contributed by atoms with E-state index >= 15 is 14.4 Å². The Labute approximate surface area is 434 Å². The minimum absolute atomic E-state index is 0.342. The maximum atomic E-state index is 16.2. The van der Waals surface area contributed by atoms with Gasteiger partial charge in [-0.2, -0.15) is 0 Å². The second-order valence-corrected chi connectivity index (χ2v) is 19.7. The highest BCUT2D eigenvalue weighted by Gasteiger charge is 2.97. The summed E-state index contributed by atoms with van der Waals surface area (Å²) in [6.07, 6.45) is -16.8. The molecule has 13 atom stereocenters. The van der Waals surface area contributed by atoms with E-state index in [0.29, 0.717) is 30.3 Å². The first-order valence-electron chi connectivity index (χ1n) is 23.1. The Bertz CT molecular complexity index is 3530. The Balaban J connectivity index is 1.13. The van der Waals surface area contributed by atoms with Crippen LogP contribution in [0.5, 0.6) is 69.0 Å². The van der Waals surface area contributed by atoms with Gasteiger partial charge in [0.05, 0.1) is 41.4 Å². The lowest BCUT2D eigenvalue weighted by Crippen LogP contribution is -2.88. The lowest BCUT2D eigenvalue weighted by atomic mass is 9.47. The van der Waals surface area contributed by atoms with Crippen molar-refractivity contribution in [1.29, 1.82) is 0 Å². The van der Waals surface area contributed by atoms with E-state index < -0.39 is 252 Å². The predicted molar refractivity (Wildman–Crippen MR) is 235 cm³/mol. The molecule has 4 aromatic rings. The number of phenolic OH excluding ortho intramolecular Hbond substituents is 11. The van der Waals surface area contributed by atoms with Crippen LogP contribution in [0.2, 0.25) is 0 Å². The number of Topliss-reactive ketones (excluding diaryl/α,β-unsaturated/α-hetero) is 1. The molecule has 79 heavy (non-hydrogen) atoms. The monoisotopic (exact) mass is 1110 g/mol. The first-order chi connectivity index (χ1) is 37.1. The van der Waals surface area contributed by atoms with Crippen molar-refractivity contribution in [3.63, 3.8) is 0 Å². The van der Waals surface area contributed by atoms with Crippen LogP contribution < -0.4 is 4.74 Å². The van der Waals surface area contributed by atoms with Crippen molar-refractivity contribution >= 4 is 41.6 Å². The van der Waals surface area contributed by atoms with Crippen LogP contribution in [0, 0.1) is 11.3 Å². The summed E-state index contributed by atoms with van der Waals surface area (Å²) in [6, 6.07) is 2.33. The normalized spacial score (nSPS) is 34.6. The molecule has 0 aromatic heterocycles. The van der Waals surface area contributed by atoms with Crippen LogP contribution in [0.4, 0.5) is 0 Å². The smallest absolute Gasteiger partial charge is 0.346 e. The largest absolute Gasteiger partial charge is 0.504 e. The maximum absolute atomic E-state index is 16.2. The van der Waals surface area contributed by atoms with Crippen molar-refractivity contribution in [2.45, 2.75) is 78.3 Å². The predicted octanol–water partition coefficient (Wildman–Crippen LogP) is -2.21. The van der Waals surface area contributed by atoms with E-state index in [-0.39, 0.29) is 0 Å². The van der Waals surface area contributed by atoms with Crippen molar-refractivity contribution in [3.05, 3.63) is 58.1 Å². The van der Waals surface area contributed by atoms with Gasteiger partial charge in [0.15, 0.2) is 75.8 Å². The summed E-state index contributed by atoms with van der Waals surface area (Å²) in [5.74, 6) is -44.9. The molecule has 31 heteroatoms. The number of cyclic esters (lactones) is 1. The van der Waals surface area contributed by atoms with Crippen molar-refractivity contribution in [2.24, 2.45) is 11.3 Å². The number of aliphatic hydroxyl groups is 4. The summed E-state index contributed by atoms with van der Waals surface area (Å²) in [4.78, 5) is 104. The van der Waals surface area contributed by atoms with Crippen LogP contribution in [0.15, 0.2) is 30.3 Å². The van der Waals surface area contributed by atoms with E-state index in [4.69, 9.17) is 42.6 Å². The number of hydrogen-bond donors (Lipinski definition) is 15. The van der Waals surface area contributed by atoms with Crippen molar-refractivity contribution in [2.75, 3.05) is 13.2 Å². The number of rotatable bonds is 2. The van der Waals surface area contributed by atoms with Gasteiger partial charge in [-0.15, -0.1) is 0 Å². The van der Waals surface area contributed by atoms with Crippen LogP contribution >= 0.6 is 0 Å². The Morgan fingerprint density at radius 2 is 1.14 bits per heavy atom. The summed E-state index contributed by atoms with van der Waals surface area (Å²) in [5, 5.41) is 167. The van der Waals surface area contributed by atoms with Crippen molar-refractivity contribution < 1.29 is 153 Å². The Kier molecular flexibility index (Phi) is 10.2. The molecule has 4 aromatic carbocycles. The van der Waals surface area contributed by atoms with Crippen molar-refractivity contribution in [1.82, 2.24) is 0 Å².